The Kier molecular flexibility index (Phi) is 5.13. The fourth-order valence-corrected chi connectivity index (χ4v) is 2.38. The van der Waals surface area contributed by atoms with Gasteiger partial charge >= 0.3 is 0 Å². The minimum atomic E-state index is -1.56. The van der Waals surface area contributed by atoms with E-state index in [1.807, 2.05) is 0 Å². The second-order valence-electron chi connectivity index (χ2n) is 5.09. The monoisotopic (exact) mass is 380 g/mol. The maximum Gasteiger partial charge on any atom is 0.229 e. The number of hydrogen-bond acceptors (Lipinski definition) is 5. The predicted octanol–water partition coefficient (Wildman–Crippen LogP) is 5.04. The van der Waals surface area contributed by atoms with Crippen molar-refractivity contribution in [2.24, 2.45) is 0 Å². The van der Waals surface area contributed by atoms with Gasteiger partial charge in [-0.05, 0) is 36.4 Å². The molecule has 0 saturated heterocycles. The van der Waals surface area contributed by atoms with E-state index >= 15 is 0 Å². The van der Waals surface area contributed by atoms with Crippen molar-refractivity contribution >= 4 is 34.7 Å². The summed E-state index contributed by atoms with van der Waals surface area (Å²) < 4.78 is 45.1. The zero-order valence-electron chi connectivity index (χ0n) is 13.4. The van der Waals surface area contributed by atoms with Crippen molar-refractivity contribution in [1.82, 2.24) is 9.97 Å². The summed E-state index contributed by atoms with van der Waals surface area (Å²) in [7, 11) is 1.50. The summed E-state index contributed by atoms with van der Waals surface area (Å²) >= 11 is 6.05. The Bertz CT molecular complexity index is 955. The minimum absolute atomic E-state index is 0.187. The molecular weight excluding hydrogens is 369 g/mol. The lowest BCUT2D eigenvalue weighted by atomic mass is 10.3. The van der Waals surface area contributed by atoms with E-state index in [1.165, 1.54) is 19.4 Å². The van der Waals surface area contributed by atoms with Crippen LogP contribution in [0.25, 0.3) is 0 Å². The number of nitrogens with zero attached hydrogens (tertiary/aromatic N) is 2. The summed E-state index contributed by atoms with van der Waals surface area (Å²) in [5.41, 5.74) is 0.355. The maximum atomic E-state index is 13.7. The van der Waals surface area contributed by atoms with Gasteiger partial charge in [-0.3, -0.25) is 0 Å². The molecule has 0 fully saturated rings. The smallest absolute Gasteiger partial charge is 0.229 e. The zero-order valence-corrected chi connectivity index (χ0v) is 14.1. The van der Waals surface area contributed by atoms with E-state index in [2.05, 4.69) is 20.6 Å². The molecule has 0 unspecified atom stereocenters. The van der Waals surface area contributed by atoms with E-state index in [-0.39, 0.29) is 17.5 Å². The number of aromatic nitrogens is 2. The van der Waals surface area contributed by atoms with Gasteiger partial charge in [0, 0.05) is 11.9 Å². The number of methoxy groups -OCH3 is 1. The number of rotatable bonds is 5. The first-order valence-corrected chi connectivity index (χ1v) is 7.70. The van der Waals surface area contributed by atoms with Crippen molar-refractivity contribution in [3.8, 4) is 5.75 Å². The lowest BCUT2D eigenvalue weighted by molar-refractivity contribution is 0.415. The number of hydrogen-bond donors (Lipinski definition) is 2. The number of halogens is 4. The third kappa shape index (κ3) is 3.80. The van der Waals surface area contributed by atoms with Gasteiger partial charge in [0.25, 0.3) is 0 Å². The topological polar surface area (TPSA) is 59.1 Å². The molecule has 0 spiro atoms. The molecule has 0 aliphatic heterocycles. The van der Waals surface area contributed by atoms with Crippen LogP contribution in [-0.2, 0) is 0 Å². The van der Waals surface area contributed by atoms with Gasteiger partial charge in [0.1, 0.15) is 11.6 Å². The van der Waals surface area contributed by atoms with Crippen LogP contribution in [0.3, 0.4) is 0 Å². The molecule has 1 aromatic heterocycles. The first-order chi connectivity index (χ1) is 12.5. The fraction of sp³-hybridized carbons (Fsp3) is 0.0588. The van der Waals surface area contributed by atoms with Crippen LogP contribution in [0.5, 0.6) is 5.75 Å². The van der Waals surface area contributed by atoms with Crippen molar-refractivity contribution in [2.45, 2.75) is 0 Å². The molecule has 3 rings (SSSR count). The first kappa shape index (κ1) is 17.8. The van der Waals surface area contributed by atoms with Gasteiger partial charge in [-0.2, -0.15) is 4.98 Å². The molecule has 2 N–H and O–H groups in total. The van der Waals surface area contributed by atoms with Gasteiger partial charge in [-0.25, -0.2) is 18.2 Å². The van der Waals surface area contributed by atoms with E-state index in [4.69, 9.17) is 16.3 Å². The average Bonchev–Trinajstić information content (AvgIpc) is 2.63. The SMILES string of the molecule is COc1ccc(Nc2nccc(Nc3ccc(F)c(F)c3F)n2)cc1Cl. The van der Waals surface area contributed by atoms with Crippen molar-refractivity contribution in [3.05, 3.63) is 65.1 Å². The van der Waals surface area contributed by atoms with E-state index in [0.29, 0.717) is 16.5 Å². The third-order valence-electron chi connectivity index (χ3n) is 3.36. The summed E-state index contributed by atoms with van der Waals surface area (Å²) in [6.45, 7) is 0. The maximum absolute atomic E-state index is 13.7. The molecular formula is C17H12ClF3N4O. The van der Waals surface area contributed by atoms with E-state index < -0.39 is 17.5 Å². The predicted molar refractivity (Wildman–Crippen MR) is 92.9 cm³/mol. The molecule has 26 heavy (non-hydrogen) atoms. The molecule has 5 nitrogen and oxygen atoms in total. The van der Waals surface area contributed by atoms with Crippen LogP contribution in [0.1, 0.15) is 0 Å². The molecule has 0 radical (unpaired) electrons. The first-order valence-electron chi connectivity index (χ1n) is 7.32. The van der Waals surface area contributed by atoms with Crippen LogP contribution in [0, 0.1) is 17.5 Å². The van der Waals surface area contributed by atoms with Gasteiger partial charge in [0.2, 0.25) is 5.95 Å². The Hall–Kier alpha value is -3.00. The Labute approximate surface area is 151 Å². The number of nitrogens with one attached hydrogen (secondary N) is 2. The molecule has 0 amide bonds. The normalized spacial score (nSPS) is 10.5. The molecule has 0 aliphatic rings. The average molecular weight is 381 g/mol. The number of benzene rings is 2. The molecule has 0 bridgehead atoms. The van der Waals surface area contributed by atoms with Crippen molar-refractivity contribution < 1.29 is 17.9 Å². The van der Waals surface area contributed by atoms with Crippen molar-refractivity contribution in [3.63, 3.8) is 0 Å². The summed E-state index contributed by atoms with van der Waals surface area (Å²) in [4.78, 5) is 8.18. The van der Waals surface area contributed by atoms with E-state index in [1.54, 1.807) is 18.2 Å². The summed E-state index contributed by atoms with van der Waals surface area (Å²) in [6.07, 6.45) is 1.42. The fourth-order valence-electron chi connectivity index (χ4n) is 2.12. The standard InChI is InChI=1S/C17H12ClF3N4O/c1-26-13-5-2-9(8-10(13)18)23-17-22-7-6-14(25-17)24-12-4-3-11(19)15(20)16(12)21/h2-8H,1H3,(H2,22,23,24,25). The zero-order chi connectivity index (χ0) is 18.7. The summed E-state index contributed by atoms with van der Waals surface area (Å²) in [5.74, 6) is -3.27. The minimum Gasteiger partial charge on any atom is -0.495 e. The Morgan fingerprint density at radius 2 is 1.81 bits per heavy atom. The number of anilines is 4. The van der Waals surface area contributed by atoms with Gasteiger partial charge in [-0.15, -0.1) is 0 Å². The molecule has 134 valence electrons. The van der Waals surface area contributed by atoms with E-state index in [9.17, 15) is 13.2 Å². The van der Waals surface area contributed by atoms with Gasteiger partial charge in [0.15, 0.2) is 17.5 Å². The molecule has 9 heteroatoms. The van der Waals surface area contributed by atoms with E-state index in [0.717, 1.165) is 12.1 Å². The van der Waals surface area contributed by atoms with Crippen molar-refractivity contribution in [1.29, 1.82) is 0 Å². The molecule has 0 atom stereocenters. The molecule has 0 aliphatic carbocycles. The molecule has 3 aromatic rings. The highest BCUT2D eigenvalue weighted by atomic mass is 35.5. The van der Waals surface area contributed by atoms with Crippen LogP contribution < -0.4 is 15.4 Å². The van der Waals surface area contributed by atoms with Crippen LogP contribution >= 0.6 is 11.6 Å². The molecule has 0 saturated carbocycles. The third-order valence-corrected chi connectivity index (χ3v) is 3.66. The van der Waals surface area contributed by atoms with Gasteiger partial charge in [-0.1, -0.05) is 11.6 Å². The number of ether oxygens (including phenoxy) is 1. The van der Waals surface area contributed by atoms with Gasteiger partial charge in [0.05, 0.1) is 17.8 Å². The Morgan fingerprint density at radius 1 is 1.00 bits per heavy atom. The second-order valence-corrected chi connectivity index (χ2v) is 5.49. The summed E-state index contributed by atoms with van der Waals surface area (Å²) in [5, 5.41) is 5.90. The highest BCUT2D eigenvalue weighted by Gasteiger charge is 2.14. The molecule has 2 aromatic carbocycles. The Balaban J connectivity index is 1.80. The van der Waals surface area contributed by atoms with Crippen molar-refractivity contribution in [2.75, 3.05) is 17.7 Å². The highest BCUT2D eigenvalue weighted by Crippen LogP contribution is 2.28. The largest absolute Gasteiger partial charge is 0.495 e. The quantitative estimate of drug-likeness (QED) is 0.607. The van der Waals surface area contributed by atoms with Crippen LogP contribution in [0.2, 0.25) is 5.02 Å². The second kappa shape index (κ2) is 7.49. The van der Waals surface area contributed by atoms with Gasteiger partial charge < -0.3 is 15.4 Å². The Morgan fingerprint density at radius 3 is 2.54 bits per heavy atom. The lowest BCUT2D eigenvalue weighted by Crippen LogP contribution is -2.03. The summed E-state index contributed by atoms with van der Waals surface area (Å²) in [6, 6.07) is 8.35. The molecule has 1 heterocycles. The highest BCUT2D eigenvalue weighted by molar-refractivity contribution is 6.32. The lowest BCUT2D eigenvalue weighted by Gasteiger charge is -2.10. The van der Waals surface area contributed by atoms with Crippen LogP contribution in [-0.4, -0.2) is 17.1 Å². The van der Waals surface area contributed by atoms with Crippen LogP contribution in [0.4, 0.5) is 36.3 Å². The van der Waals surface area contributed by atoms with Crippen LogP contribution in [0.15, 0.2) is 42.6 Å².